The van der Waals surface area contributed by atoms with Crippen molar-refractivity contribution in [1.29, 1.82) is 0 Å². The first kappa shape index (κ1) is 20.4. The molecule has 2 N–H and O–H groups in total. The third-order valence-corrected chi connectivity index (χ3v) is 4.97. The largest absolute Gasteiger partial charge is 0.406 e. The van der Waals surface area contributed by atoms with Crippen LogP contribution in [0.15, 0.2) is 60.7 Å². The third-order valence-electron chi connectivity index (χ3n) is 4.97. The van der Waals surface area contributed by atoms with Crippen molar-refractivity contribution in [2.75, 3.05) is 26.2 Å². The number of rotatable bonds is 6. The summed E-state index contributed by atoms with van der Waals surface area (Å²) in [5.41, 5.74) is 7.98. The highest BCUT2D eigenvalue weighted by atomic mass is 19.4. The van der Waals surface area contributed by atoms with Crippen LogP contribution < -0.4 is 5.73 Å². The lowest BCUT2D eigenvalue weighted by Crippen LogP contribution is -2.44. The Balaban J connectivity index is 1.66. The summed E-state index contributed by atoms with van der Waals surface area (Å²) in [6, 6.07) is 18.3. The number of likely N-dealkylation sites (tertiary alicyclic amines) is 1. The van der Waals surface area contributed by atoms with E-state index in [4.69, 9.17) is 5.73 Å². The van der Waals surface area contributed by atoms with Gasteiger partial charge in [-0.05, 0) is 11.1 Å². The second-order valence-electron chi connectivity index (χ2n) is 7.23. The monoisotopic (exact) mass is 391 g/mol. The highest BCUT2D eigenvalue weighted by Crippen LogP contribution is 2.26. The molecule has 0 bridgehead atoms. The van der Waals surface area contributed by atoms with Crippen LogP contribution in [0.2, 0.25) is 0 Å². The third kappa shape index (κ3) is 5.56. The fourth-order valence-electron chi connectivity index (χ4n) is 3.64. The second-order valence-corrected chi connectivity index (χ2v) is 7.23. The number of hydrogen-bond donors (Lipinski definition) is 1. The first-order chi connectivity index (χ1) is 13.3. The highest BCUT2D eigenvalue weighted by Gasteiger charge is 2.36. The predicted molar refractivity (Wildman–Crippen MR) is 102 cm³/mol. The van der Waals surface area contributed by atoms with E-state index in [0.29, 0.717) is 18.7 Å². The average molecular weight is 391 g/mol. The number of amides is 1. The van der Waals surface area contributed by atoms with E-state index in [-0.39, 0.29) is 25.0 Å². The summed E-state index contributed by atoms with van der Waals surface area (Å²) in [5.74, 6) is -0.471. The number of carbonyl (C=O) groups is 1. The molecular formula is C21H24F3N3O. The van der Waals surface area contributed by atoms with Crippen LogP contribution in [0.25, 0.3) is 0 Å². The summed E-state index contributed by atoms with van der Waals surface area (Å²) in [4.78, 5) is 15.4. The van der Waals surface area contributed by atoms with Gasteiger partial charge in [0.15, 0.2) is 0 Å². The lowest BCUT2D eigenvalue weighted by atomic mass is 9.95. The van der Waals surface area contributed by atoms with Crippen molar-refractivity contribution in [2.24, 2.45) is 5.73 Å². The van der Waals surface area contributed by atoms with Gasteiger partial charge in [0.05, 0.1) is 6.54 Å². The van der Waals surface area contributed by atoms with Crippen molar-refractivity contribution in [3.8, 4) is 0 Å². The van der Waals surface area contributed by atoms with E-state index in [9.17, 15) is 18.0 Å². The number of nitrogens with two attached hydrogens (primary N) is 1. The Kier molecular flexibility index (Phi) is 6.36. The van der Waals surface area contributed by atoms with E-state index >= 15 is 0 Å². The van der Waals surface area contributed by atoms with Gasteiger partial charge < -0.3 is 10.6 Å². The molecule has 1 fully saturated rings. The van der Waals surface area contributed by atoms with Gasteiger partial charge in [-0.15, -0.1) is 0 Å². The van der Waals surface area contributed by atoms with Gasteiger partial charge in [0, 0.05) is 31.6 Å². The first-order valence-corrected chi connectivity index (χ1v) is 9.23. The van der Waals surface area contributed by atoms with Crippen molar-refractivity contribution in [3.63, 3.8) is 0 Å². The fraction of sp³-hybridized carbons (Fsp3) is 0.381. The molecular weight excluding hydrogens is 367 g/mol. The molecule has 1 aliphatic rings. The maximum Gasteiger partial charge on any atom is 0.406 e. The zero-order valence-corrected chi connectivity index (χ0v) is 15.5. The van der Waals surface area contributed by atoms with Crippen LogP contribution in [0, 0.1) is 0 Å². The number of alkyl halides is 3. The molecule has 1 saturated heterocycles. The topological polar surface area (TPSA) is 49.6 Å². The Bertz CT molecular complexity index is 767. The number of carbonyl (C=O) groups excluding carboxylic acids is 1. The van der Waals surface area contributed by atoms with E-state index in [2.05, 4.69) is 0 Å². The number of halogens is 3. The van der Waals surface area contributed by atoms with Crippen LogP contribution in [0.4, 0.5) is 13.2 Å². The quantitative estimate of drug-likeness (QED) is 0.824. The lowest BCUT2D eigenvalue weighted by molar-refractivity contribution is -0.162. The number of nitrogens with zero attached hydrogens (tertiary/aromatic N) is 2. The maximum absolute atomic E-state index is 13.0. The second kappa shape index (κ2) is 8.75. The molecule has 0 aliphatic carbocycles. The molecule has 0 saturated carbocycles. The molecule has 2 aromatic rings. The predicted octanol–water partition coefficient (Wildman–Crippen LogP) is 3.00. The molecule has 0 unspecified atom stereocenters. The molecule has 4 nitrogen and oxygen atoms in total. The molecule has 2 atom stereocenters. The van der Waals surface area contributed by atoms with Gasteiger partial charge in [0.2, 0.25) is 5.91 Å². The molecule has 0 spiro atoms. The number of hydrogen-bond acceptors (Lipinski definition) is 3. The molecule has 1 amide bonds. The molecule has 0 aromatic heterocycles. The molecule has 28 heavy (non-hydrogen) atoms. The molecule has 0 radical (unpaired) electrons. The summed E-state index contributed by atoms with van der Waals surface area (Å²) >= 11 is 0. The first-order valence-electron chi connectivity index (χ1n) is 9.23. The minimum atomic E-state index is -4.45. The van der Waals surface area contributed by atoms with Gasteiger partial charge in [-0.1, -0.05) is 60.7 Å². The van der Waals surface area contributed by atoms with Gasteiger partial charge >= 0.3 is 6.18 Å². The molecule has 1 heterocycles. The molecule has 150 valence electrons. The Morgan fingerprint density at radius 2 is 1.64 bits per heavy atom. The SMILES string of the molecule is N[C@@H]1CN(CC(=O)N(Cc2ccccc2)CC(F)(F)F)C[C@H]1c1ccccc1. The van der Waals surface area contributed by atoms with Crippen LogP contribution in [0.3, 0.4) is 0 Å². The molecule has 1 aliphatic heterocycles. The van der Waals surface area contributed by atoms with Crippen LogP contribution in [0.1, 0.15) is 17.0 Å². The normalized spacial score (nSPS) is 20.3. The van der Waals surface area contributed by atoms with Crippen LogP contribution in [0.5, 0.6) is 0 Å². The van der Waals surface area contributed by atoms with Crippen molar-refractivity contribution < 1.29 is 18.0 Å². The molecule has 3 rings (SSSR count). The average Bonchev–Trinajstić information content (AvgIpc) is 3.02. The Morgan fingerprint density at radius 3 is 2.25 bits per heavy atom. The lowest BCUT2D eigenvalue weighted by Gasteiger charge is -2.26. The smallest absolute Gasteiger partial charge is 0.328 e. The van der Waals surface area contributed by atoms with E-state index in [1.165, 1.54) is 0 Å². The minimum Gasteiger partial charge on any atom is -0.328 e. The van der Waals surface area contributed by atoms with Crippen molar-refractivity contribution in [1.82, 2.24) is 9.80 Å². The van der Waals surface area contributed by atoms with Crippen molar-refractivity contribution in [3.05, 3.63) is 71.8 Å². The summed E-state index contributed by atoms with van der Waals surface area (Å²) in [6.07, 6.45) is -4.45. The van der Waals surface area contributed by atoms with Gasteiger partial charge in [0.25, 0.3) is 0 Å². The van der Waals surface area contributed by atoms with Crippen LogP contribution >= 0.6 is 0 Å². The van der Waals surface area contributed by atoms with E-state index in [1.54, 1.807) is 30.3 Å². The summed E-state index contributed by atoms with van der Waals surface area (Å²) in [5, 5.41) is 0. The molecule has 2 aromatic carbocycles. The van der Waals surface area contributed by atoms with Gasteiger partial charge in [-0.2, -0.15) is 13.2 Å². The van der Waals surface area contributed by atoms with Gasteiger partial charge in [0.1, 0.15) is 6.54 Å². The minimum absolute atomic E-state index is 0.0683. The van der Waals surface area contributed by atoms with Crippen LogP contribution in [-0.4, -0.2) is 54.1 Å². The zero-order chi connectivity index (χ0) is 20.1. The summed E-state index contributed by atoms with van der Waals surface area (Å²) < 4.78 is 39.0. The zero-order valence-electron chi connectivity index (χ0n) is 15.5. The Hall–Kier alpha value is -2.38. The van der Waals surface area contributed by atoms with Crippen molar-refractivity contribution >= 4 is 5.91 Å². The summed E-state index contributed by atoms with van der Waals surface area (Å²) in [6.45, 7) is -0.359. The summed E-state index contributed by atoms with van der Waals surface area (Å²) in [7, 11) is 0. The molecule has 7 heteroatoms. The Labute approximate surface area is 162 Å². The van der Waals surface area contributed by atoms with Crippen LogP contribution in [-0.2, 0) is 11.3 Å². The van der Waals surface area contributed by atoms with E-state index in [0.717, 1.165) is 10.5 Å². The fourth-order valence-corrected chi connectivity index (χ4v) is 3.64. The van der Waals surface area contributed by atoms with Gasteiger partial charge in [-0.25, -0.2) is 0 Å². The van der Waals surface area contributed by atoms with Gasteiger partial charge in [-0.3, -0.25) is 9.69 Å². The standard InChI is InChI=1S/C21H24F3N3O/c22-21(23,24)15-27(11-16-7-3-1-4-8-16)20(28)14-26-12-18(19(25)13-26)17-9-5-2-6-10-17/h1-10,18-19H,11-15,25H2/t18-,19+/m0/s1. The van der Waals surface area contributed by atoms with E-state index < -0.39 is 18.6 Å². The maximum atomic E-state index is 13.0. The Morgan fingerprint density at radius 1 is 1.04 bits per heavy atom. The van der Waals surface area contributed by atoms with Crippen molar-refractivity contribution in [2.45, 2.75) is 24.7 Å². The highest BCUT2D eigenvalue weighted by molar-refractivity contribution is 5.78. The number of benzene rings is 2. The van der Waals surface area contributed by atoms with E-state index in [1.807, 2.05) is 35.2 Å².